The highest BCUT2D eigenvalue weighted by Crippen LogP contribution is 2.38. The first kappa shape index (κ1) is 21.2. The number of benzene rings is 1. The van der Waals surface area contributed by atoms with Crippen LogP contribution < -0.4 is 5.32 Å². The lowest BCUT2D eigenvalue weighted by Crippen LogP contribution is -2.16. The molecule has 0 atom stereocenters. The van der Waals surface area contributed by atoms with E-state index in [9.17, 15) is 4.39 Å². The van der Waals surface area contributed by atoms with Crippen LogP contribution in [0.1, 0.15) is 32.6 Å². The number of nitrogens with zero attached hydrogens (tertiary/aromatic N) is 4. The van der Waals surface area contributed by atoms with Gasteiger partial charge < -0.3 is 5.32 Å². The summed E-state index contributed by atoms with van der Waals surface area (Å²) in [5, 5.41) is 9.97. The molecule has 32 heavy (non-hydrogen) atoms. The van der Waals surface area contributed by atoms with E-state index in [-0.39, 0.29) is 5.82 Å². The number of hydrogen-bond acceptors (Lipinski definition) is 5. The summed E-state index contributed by atoms with van der Waals surface area (Å²) in [6, 6.07) is 12.5. The van der Waals surface area contributed by atoms with Gasteiger partial charge in [-0.1, -0.05) is 31.4 Å². The molecule has 1 fully saturated rings. The molecule has 1 aliphatic rings. The number of aromatic nitrogens is 4. The van der Waals surface area contributed by atoms with E-state index in [4.69, 9.17) is 21.7 Å². The topological polar surface area (TPSA) is 55.1 Å². The molecule has 164 valence electrons. The fourth-order valence-corrected chi connectivity index (χ4v) is 5.26. The molecule has 4 aromatic rings. The number of thioether (sulfide) groups is 1. The molecule has 0 unspecified atom stereocenters. The Morgan fingerprint density at radius 2 is 1.94 bits per heavy atom. The number of nitrogens with one attached hydrogen (secondary N) is 1. The van der Waals surface area contributed by atoms with Crippen molar-refractivity contribution in [3.63, 3.8) is 0 Å². The van der Waals surface area contributed by atoms with Crippen LogP contribution in [0.3, 0.4) is 0 Å². The van der Waals surface area contributed by atoms with Gasteiger partial charge in [-0.2, -0.15) is 5.10 Å². The molecule has 0 radical (unpaired) electrons. The van der Waals surface area contributed by atoms with Crippen LogP contribution in [0.25, 0.3) is 28.0 Å². The van der Waals surface area contributed by atoms with E-state index in [0.717, 1.165) is 51.7 Å². The molecule has 1 N–H and O–H groups in total. The maximum Gasteiger partial charge on any atom is 0.223 e. The molecule has 1 saturated carbocycles. The normalized spacial score (nSPS) is 14.3. The minimum atomic E-state index is -0.283. The van der Waals surface area contributed by atoms with Crippen LogP contribution in [0.5, 0.6) is 0 Å². The Hall–Kier alpha value is -2.64. The maximum absolute atomic E-state index is 13.6. The zero-order chi connectivity index (χ0) is 22.1. The van der Waals surface area contributed by atoms with Crippen molar-refractivity contribution >= 4 is 34.8 Å². The Labute approximate surface area is 195 Å². The van der Waals surface area contributed by atoms with Gasteiger partial charge in [-0.05, 0) is 61.1 Å². The molecule has 0 aliphatic heterocycles. The highest BCUT2D eigenvalue weighted by atomic mass is 35.5. The van der Waals surface area contributed by atoms with E-state index in [1.54, 1.807) is 30.1 Å². The van der Waals surface area contributed by atoms with Crippen molar-refractivity contribution in [2.45, 2.75) is 43.7 Å². The van der Waals surface area contributed by atoms with E-state index in [2.05, 4.69) is 17.2 Å². The fraction of sp³-hybridized carbons (Fsp3) is 0.292. The average molecular weight is 468 g/mol. The monoisotopic (exact) mass is 467 g/mol. The number of halogens is 2. The summed E-state index contributed by atoms with van der Waals surface area (Å²) in [6.07, 6.45) is 6.51. The number of rotatable bonds is 6. The fourth-order valence-electron chi connectivity index (χ4n) is 4.22. The minimum Gasteiger partial charge on any atom is -0.351 e. The van der Waals surface area contributed by atoms with E-state index < -0.39 is 0 Å². The number of anilines is 1. The molecule has 1 aliphatic carbocycles. The van der Waals surface area contributed by atoms with Crippen molar-refractivity contribution in [1.82, 2.24) is 19.6 Å². The minimum absolute atomic E-state index is 0.283. The first-order valence-electron chi connectivity index (χ1n) is 10.8. The van der Waals surface area contributed by atoms with Gasteiger partial charge in [0.1, 0.15) is 11.5 Å². The third-order valence-electron chi connectivity index (χ3n) is 5.68. The highest BCUT2D eigenvalue weighted by molar-refractivity contribution is 7.99. The largest absolute Gasteiger partial charge is 0.351 e. The summed E-state index contributed by atoms with van der Waals surface area (Å²) in [5.74, 6) is 1.22. The van der Waals surface area contributed by atoms with Gasteiger partial charge in [-0.25, -0.2) is 18.9 Å². The van der Waals surface area contributed by atoms with Crippen LogP contribution >= 0.6 is 23.4 Å². The van der Waals surface area contributed by atoms with Gasteiger partial charge in [-0.3, -0.25) is 0 Å². The smallest absolute Gasteiger partial charge is 0.223 e. The molecule has 5 rings (SSSR count). The lowest BCUT2D eigenvalue weighted by molar-refractivity contribution is 0.628. The van der Waals surface area contributed by atoms with Crippen molar-refractivity contribution in [2.24, 2.45) is 0 Å². The number of fused-ring (bicyclic) bond motifs is 1. The molecule has 0 spiro atoms. The SMILES string of the molecule is CCSc1cc(Cl)cc2c(-c3ccnc(NC4CCCC4)n3)c(-c3ccc(F)cc3)nn12. The van der Waals surface area contributed by atoms with E-state index in [0.29, 0.717) is 17.0 Å². The molecule has 3 aromatic heterocycles. The van der Waals surface area contributed by atoms with Crippen LogP contribution in [-0.2, 0) is 0 Å². The predicted molar refractivity (Wildman–Crippen MR) is 129 cm³/mol. The first-order valence-corrected chi connectivity index (χ1v) is 12.2. The van der Waals surface area contributed by atoms with Crippen LogP contribution in [0, 0.1) is 5.82 Å². The highest BCUT2D eigenvalue weighted by Gasteiger charge is 2.21. The van der Waals surface area contributed by atoms with Crippen molar-refractivity contribution in [2.75, 3.05) is 11.1 Å². The van der Waals surface area contributed by atoms with Crippen molar-refractivity contribution in [1.29, 1.82) is 0 Å². The van der Waals surface area contributed by atoms with E-state index in [1.807, 2.05) is 22.7 Å². The molecule has 1 aromatic carbocycles. The van der Waals surface area contributed by atoms with Crippen molar-refractivity contribution in [3.8, 4) is 22.5 Å². The Kier molecular flexibility index (Phi) is 6.02. The summed E-state index contributed by atoms with van der Waals surface area (Å²) in [4.78, 5) is 9.28. The van der Waals surface area contributed by atoms with Crippen LogP contribution in [0.2, 0.25) is 5.02 Å². The quantitative estimate of drug-likeness (QED) is 0.319. The van der Waals surface area contributed by atoms with Crippen LogP contribution in [-0.4, -0.2) is 31.4 Å². The van der Waals surface area contributed by atoms with Gasteiger partial charge in [0.2, 0.25) is 5.95 Å². The van der Waals surface area contributed by atoms with Crippen LogP contribution in [0.15, 0.2) is 53.7 Å². The zero-order valence-corrected chi connectivity index (χ0v) is 19.3. The third kappa shape index (κ3) is 4.19. The Balaban J connectivity index is 1.70. The maximum atomic E-state index is 13.6. The lowest BCUT2D eigenvalue weighted by atomic mass is 10.0. The summed E-state index contributed by atoms with van der Waals surface area (Å²) in [5.41, 5.74) is 4.02. The molecule has 3 heterocycles. The molecule has 0 bridgehead atoms. The average Bonchev–Trinajstić information content (AvgIpc) is 3.42. The van der Waals surface area contributed by atoms with E-state index in [1.165, 1.54) is 25.0 Å². The van der Waals surface area contributed by atoms with Crippen molar-refractivity contribution < 1.29 is 4.39 Å². The van der Waals surface area contributed by atoms with Gasteiger partial charge >= 0.3 is 0 Å². The van der Waals surface area contributed by atoms with E-state index >= 15 is 0 Å². The second-order valence-electron chi connectivity index (χ2n) is 7.86. The standard InChI is InChI=1S/C24H23ClFN5S/c1-2-32-21-14-16(25)13-20-22(23(30-31(20)21)15-7-9-17(26)10-8-15)19-11-12-27-24(29-19)28-18-5-3-4-6-18/h7-14,18H,2-6H2,1H3,(H,27,28,29). The Morgan fingerprint density at radius 3 is 2.69 bits per heavy atom. The third-order valence-corrected chi connectivity index (χ3v) is 6.77. The van der Waals surface area contributed by atoms with Gasteiger partial charge in [0.25, 0.3) is 0 Å². The predicted octanol–water partition coefficient (Wildman–Crippen LogP) is 6.72. The molecule has 8 heteroatoms. The van der Waals surface area contributed by atoms with Crippen LogP contribution in [0.4, 0.5) is 10.3 Å². The van der Waals surface area contributed by atoms with Gasteiger partial charge in [0.15, 0.2) is 0 Å². The van der Waals surface area contributed by atoms with Crippen molar-refractivity contribution in [3.05, 3.63) is 59.5 Å². The summed E-state index contributed by atoms with van der Waals surface area (Å²) in [6.45, 7) is 2.09. The molecule has 0 saturated heterocycles. The number of hydrogen-bond donors (Lipinski definition) is 1. The Morgan fingerprint density at radius 1 is 1.16 bits per heavy atom. The Bertz CT molecular complexity index is 1250. The summed E-state index contributed by atoms with van der Waals surface area (Å²) >= 11 is 8.16. The molecule has 0 amide bonds. The second kappa shape index (κ2) is 9.08. The number of pyridine rings is 1. The molecular weight excluding hydrogens is 445 g/mol. The molecule has 5 nitrogen and oxygen atoms in total. The van der Waals surface area contributed by atoms with Gasteiger partial charge in [0, 0.05) is 22.8 Å². The van der Waals surface area contributed by atoms with Gasteiger partial charge in [0.05, 0.1) is 21.8 Å². The van der Waals surface area contributed by atoms with Gasteiger partial charge in [-0.15, -0.1) is 11.8 Å². The second-order valence-corrected chi connectivity index (χ2v) is 9.58. The summed E-state index contributed by atoms with van der Waals surface area (Å²) in [7, 11) is 0. The first-order chi connectivity index (χ1) is 15.6. The summed E-state index contributed by atoms with van der Waals surface area (Å²) < 4.78 is 15.5. The zero-order valence-electron chi connectivity index (χ0n) is 17.7. The lowest BCUT2D eigenvalue weighted by Gasteiger charge is -2.12. The molecular formula is C24H23ClFN5S.